The molecule has 1 atom stereocenters. The molecule has 0 aliphatic carbocycles. The van der Waals surface area contributed by atoms with Crippen molar-refractivity contribution in [2.45, 2.75) is 19.1 Å². The molecule has 0 spiro atoms. The highest BCUT2D eigenvalue weighted by atomic mass is 16.5. The van der Waals surface area contributed by atoms with Gasteiger partial charge in [0.05, 0.1) is 0 Å². The second kappa shape index (κ2) is 7.60. The van der Waals surface area contributed by atoms with Crippen LogP contribution in [0.1, 0.15) is 11.1 Å². The average Bonchev–Trinajstić information content (AvgIpc) is 2.71. The third-order valence-corrected chi connectivity index (χ3v) is 4.77. The average molecular weight is 355 g/mol. The molecule has 4 aromatic carbocycles. The van der Waals surface area contributed by atoms with E-state index in [0.29, 0.717) is 6.42 Å². The maximum absolute atomic E-state index is 12.3. The van der Waals surface area contributed by atoms with Crippen LogP contribution in [0.25, 0.3) is 21.5 Å². The first kappa shape index (κ1) is 17.3. The number of fused-ring (bicyclic) bond motifs is 2. The molecule has 4 aromatic rings. The molecule has 0 unspecified atom stereocenters. The van der Waals surface area contributed by atoms with Crippen LogP contribution in [0.2, 0.25) is 0 Å². The summed E-state index contributed by atoms with van der Waals surface area (Å²) in [6, 6.07) is 27.8. The Labute approximate surface area is 158 Å². The van der Waals surface area contributed by atoms with Crippen LogP contribution < -0.4 is 5.73 Å². The van der Waals surface area contributed by atoms with Crippen LogP contribution in [0, 0.1) is 0 Å². The van der Waals surface area contributed by atoms with Crippen molar-refractivity contribution in [3.63, 3.8) is 0 Å². The quantitative estimate of drug-likeness (QED) is 0.532. The second-order valence-corrected chi connectivity index (χ2v) is 6.78. The minimum atomic E-state index is -0.674. The molecular weight excluding hydrogens is 334 g/mol. The lowest BCUT2D eigenvalue weighted by molar-refractivity contribution is -0.146. The van der Waals surface area contributed by atoms with Crippen LogP contribution in [0.15, 0.2) is 84.9 Å². The van der Waals surface area contributed by atoms with Gasteiger partial charge >= 0.3 is 5.97 Å². The highest BCUT2D eigenvalue weighted by molar-refractivity contribution is 5.84. The zero-order valence-corrected chi connectivity index (χ0v) is 15.0. The molecule has 0 aliphatic heterocycles. The first-order valence-electron chi connectivity index (χ1n) is 9.07. The smallest absolute Gasteiger partial charge is 0.323 e. The Morgan fingerprint density at radius 2 is 1.26 bits per heavy atom. The standard InChI is InChI=1S/C24H21NO2/c25-23(15-17-9-11-19-5-1-3-7-21(19)13-17)24(26)27-16-18-10-12-20-6-2-4-8-22(20)14-18/h1-14,23H,15-16,25H2/t23-/m0/s1. The number of hydrogen-bond acceptors (Lipinski definition) is 3. The normalized spacial score (nSPS) is 12.2. The van der Waals surface area contributed by atoms with Crippen molar-refractivity contribution in [1.82, 2.24) is 0 Å². The van der Waals surface area contributed by atoms with Crippen molar-refractivity contribution < 1.29 is 9.53 Å². The van der Waals surface area contributed by atoms with Crippen LogP contribution in [0.5, 0.6) is 0 Å². The molecule has 0 bridgehead atoms. The van der Waals surface area contributed by atoms with Gasteiger partial charge in [-0.05, 0) is 45.2 Å². The van der Waals surface area contributed by atoms with Crippen molar-refractivity contribution in [3.8, 4) is 0 Å². The van der Waals surface area contributed by atoms with Gasteiger partial charge in [-0.25, -0.2) is 0 Å². The van der Waals surface area contributed by atoms with E-state index in [1.54, 1.807) is 0 Å². The summed E-state index contributed by atoms with van der Waals surface area (Å²) in [6.07, 6.45) is 0.460. The Hall–Kier alpha value is -3.17. The van der Waals surface area contributed by atoms with E-state index in [1.807, 2.05) is 54.6 Å². The van der Waals surface area contributed by atoms with Gasteiger partial charge in [-0.3, -0.25) is 4.79 Å². The number of hydrogen-bond donors (Lipinski definition) is 1. The molecule has 4 rings (SSSR count). The predicted molar refractivity (Wildman–Crippen MR) is 109 cm³/mol. The molecule has 3 nitrogen and oxygen atoms in total. The van der Waals surface area contributed by atoms with E-state index in [4.69, 9.17) is 10.5 Å². The Kier molecular flexibility index (Phi) is 4.86. The van der Waals surface area contributed by atoms with Crippen molar-refractivity contribution in [3.05, 3.63) is 96.1 Å². The number of esters is 1. The maximum atomic E-state index is 12.3. The highest BCUT2D eigenvalue weighted by Gasteiger charge is 2.16. The Bertz CT molecular complexity index is 1100. The van der Waals surface area contributed by atoms with Crippen LogP contribution >= 0.6 is 0 Å². The van der Waals surface area contributed by atoms with Crippen molar-refractivity contribution >= 4 is 27.5 Å². The number of carbonyl (C=O) groups excluding carboxylic acids is 1. The molecular formula is C24H21NO2. The Balaban J connectivity index is 1.39. The Morgan fingerprint density at radius 3 is 1.89 bits per heavy atom. The summed E-state index contributed by atoms with van der Waals surface area (Å²) in [5.74, 6) is -0.378. The fourth-order valence-corrected chi connectivity index (χ4v) is 3.29. The zero-order valence-electron chi connectivity index (χ0n) is 15.0. The number of carbonyl (C=O) groups is 1. The molecule has 2 N–H and O–H groups in total. The third-order valence-electron chi connectivity index (χ3n) is 4.77. The van der Waals surface area contributed by atoms with E-state index in [2.05, 4.69) is 30.3 Å². The fraction of sp³-hybridized carbons (Fsp3) is 0.125. The minimum absolute atomic E-state index is 0.231. The van der Waals surface area contributed by atoms with Gasteiger partial charge in [-0.2, -0.15) is 0 Å². The summed E-state index contributed by atoms with van der Waals surface area (Å²) in [7, 11) is 0. The largest absolute Gasteiger partial charge is 0.460 e. The van der Waals surface area contributed by atoms with E-state index in [0.717, 1.165) is 21.9 Å². The van der Waals surface area contributed by atoms with E-state index in [1.165, 1.54) is 10.8 Å². The Morgan fingerprint density at radius 1 is 0.741 bits per heavy atom. The lowest BCUT2D eigenvalue weighted by atomic mass is 10.0. The lowest BCUT2D eigenvalue weighted by Crippen LogP contribution is -2.34. The minimum Gasteiger partial charge on any atom is -0.460 e. The zero-order chi connectivity index (χ0) is 18.6. The molecule has 0 aliphatic rings. The van der Waals surface area contributed by atoms with Gasteiger partial charge < -0.3 is 10.5 Å². The summed E-state index contributed by atoms with van der Waals surface area (Å²) in [4.78, 5) is 12.3. The van der Waals surface area contributed by atoms with E-state index in [-0.39, 0.29) is 12.6 Å². The van der Waals surface area contributed by atoms with Crippen LogP contribution in [-0.2, 0) is 22.6 Å². The van der Waals surface area contributed by atoms with E-state index >= 15 is 0 Å². The van der Waals surface area contributed by atoms with Crippen molar-refractivity contribution in [1.29, 1.82) is 0 Å². The predicted octanol–water partition coefficient (Wildman–Crippen LogP) is 4.61. The first-order chi connectivity index (χ1) is 13.2. The maximum Gasteiger partial charge on any atom is 0.323 e. The first-order valence-corrected chi connectivity index (χ1v) is 9.07. The molecule has 0 saturated carbocycles. The SMILES string of the molecule is N[C@@H](Cc1ccc2ccccc2c1)C(=O)OCc1ccc2ccccc2c1. The molecule has 27 heavy (non-hydrogen) atoms. The summed E-state index contributed by atoms with van der Waals surface area (Å²) < 4.78 is 5.43. The van der Waals surface area contributed by atoms with E-state index in [9.17, 15) is 4.79 Å². The number of nitrogens with two attached hydrogens (primary N) is 1. The molecule has 0 aromatic heterocycles. The number of rotatable bonds is 5. The molecule has 3 heteroatoms. The van der Waals surface area contributed by atoms with Gasteiger partial charge in [0.2, 0.25) is 0 Å². The molecule has 0 saturated heterocycles. The number of benzene rings is 4. The topological polar surface area (TPSA) is 52.3 Å². The van der Waals surface area contributed by atoms with Crippen molar-refractivity contribution in [2.75, 3.05) is 0 Å². The van der Waals surface area contributed by atoms with Gasteiger partial charge in [0.25, 0.3) is 0 Å². The number of ether oxygens (including phenoxy) is 1. The molecule has 0 heterocycles. The summed E-state index contributed by atoms with van der Waals surface area (Å²) in [6.45, 7) is 0.231. The second-order valence-electron chi connectivity index (χ2n) is 6.78. The van der Waals surface area contributed by atoms with Crippen LogP contribution in [-0.4, -0.2) is 12.0 Å². The molecule has 0 fully saturated rings. The summed E-state index contributed by atoms with van der Waals surface area (Å²) in [5, 5.41) is 4.62. The van der Waals surface area contributed by atoms with Crippen LogP contribution in [0.4, 0.5) is 0 Å². The van der Waals surface area contributed by atoms with Gasteiger partial charge in [-0.15, -0.1) is 0 Å². The van der Waals surface area contributed by atoms with Gasteiger partial charge in [0.1, 0.15) is 12.6 Å². The lowest BCUT2D eigenvalue weighted by Gasteiger charge is -2.12. The van der Waals surface area contributed by atoms with Crippen molar-refractivity contribution in [2.24, 2.45) is 5.73 Å². The fourth-order valence-electron chi connectivity index (χ4n) is 3.29. The van der Waals surface area contributed by atoms with Gasteiger partial charge in [0, 0.05) is 0 Å². The monoisotopic (exact) mass is 355 g/mol. The van der Waals surface area contributed by atoms with Gasteiger partial charge in [-0.1, -0.05) is 78.9 Å². The van der Waals surface area contributed by atoms with Crippen LogP contribution in [0.3, 0.4) is 0 Å². The molecule has 0 radical (unpaired) electrons. The molecule has 0 amide bonds. The highest BCUT2D eigenvalue weighted by Crippen LogP contribution is 2.18. The van der Waals surface area contributed by atoms with E-state index < -0.39 is 6.04 Å². The summed E-state index contributed by atoms with van der Waals surface area (Å²) >= 11 is 0. The van der Waals surface area contributed by atoms with Gasteiger partial charge in [0.15, 0.2) is 0 Å². The molecule has 134 valence electrons. The third kappa shape index (κ3) is 3.99. The summed E-state index contributed by atoms with van der Waals surface area (Å²) in [5.41, 5.74) is 8.06.